The minimum atomic E-state index is 0.244. The van der Waals surface area contributed by atoms with Crippen molar-refractivity contribution in [1.82, 2.24) is 0 Å². The first kappa shape index (κ1) is 19.9. The summed E-state index contributed by atoms with van der Waals surface area (Å²) >= 11 is 1.88. The highest BCUT2D eigenvalue weighted by molar-refractivity contribution is 8.00. The van der Waals surface area contributed by atoms with Gasteiger partial charge in [-0.25, -0.2) is 0 Å². The Kier molecular flexibility index (Phi) is 5.22. The quantitative estimate of drug-likeness (QED) is 0.299. The predicted octanol–water partition coefficient (Wildman–Crippen LogP) is 8.90. The van der Waals surface area contributed by atoms with Gasteiger partial charge in [0.25, 0.3) is 0 Å². The van der Waals surface area contributed by atoms with Gasteiger partial charge in [0.2, 0.25) is 0 Å². The van der Waals surface area contributed by atoms with Gasteiger partial charge in [-0.15, -0.1) is 0 Å². The molecule has 158 valence electrons. The van der Waals surface area contributed by atoms with Crippen molar-refractivity contribution in [2.45, 2.75) is 10.3 Å². The molecule has 0 bridgehead atoms. The fourth-order valence-corrected chi connectivity index (χ4v) is 5.54. The van der Waals surface area contributed by atoms with E-state index in [0.717, 1.165) is 0 Å². The van der Waals surface area contributed by atoms with Crippen molar-refractivity contribution >= 4 is 17.4 Å². The molecule has 0 spiro atoms. The first-order valence-electron chi connectivity index (χ1n) is 11.2. The molecule has 0 amide bonds. The summed E-state index contributed by atoms with van der Waals surface area (Å²) in [7, 11) is 0. The van der Waals surface area contributed by atoms with Crippen LogP contribution in [0.25, 0.3) is 33.4 Å². The number of benzene rings is 5. The standard InChI is InChI=1S/C31H23NS/c1-2-9-22(10-3-1)23-11-6-12-24(19-23)25-13-7-14-26(20-25)27-15-8-16-28(21-27)31-32-29-17-4-5-18-30(29)33-31/h1-21,31-32H. The Bertz CT molecular complexity index is 1400. The summed E-state index contributed by atoms with van der Waals surface area (Å²) in [6, 6.07) is 45.6. The van der Waals surface area contributed by atoms with Crippen molar-refractivity contribution < 1.29 is 0 Å². The Morgan fingerprint density at radius 3 is 1.64 bits per heavy atom. The van der Waals surface area contributed by atoms with Gasteiger partial charge in [-0.3, -0.25) is 0 Å². The highest BCUT2D eigenvalue weighted by atomic mass is 32.2. The summed E-state index contributed by atoms with van der Waals surface area (Å²) in [6.45, 7) is 0. The van der Waals surface area contributed by atoms with Gasteiger partial charge in [0.1, 0.15) is 5.37 Å². The lowest BCUT2D eigenvalue weighted by molar-refractivity contribution is 1.13. The largest absolute Gasteiger partial charge is 0.368 e. The SMILES string of the molecule is c1ccc(-c2cccc(-c3cccc(-c4cccc(C5Nc6ccccc6S5)c4)c3)c2)cc1. The lowest BCUT2D eigenvalue weighted by atomic mass is 9.96. The zero-order valence-electron chi connectivity index (χ0n) is 18.1. The third-order valence-corrected chi connectivity index (χ3v) is 7.34. The normalized spacial score (nSPS) is 14.5. The van der Waals surface area contributed by atoms with Gasteiger partial charge in [-0.05, 0) is 69.3 Å². The minimum absolute atomic E-state index is 0.244. The van der Waals surface area contributed by atoms with Crippen LogP contribution in [-0.2, 0) is 0 Å². The van der Waals surface area contributed by atoms with Crippen LogP contribution in [0, 0.1) is 0 Å². The van der Waals surface area contributed by atoms with Gasteiger partial charge in [0.05, 0.1) is 0 Å². The average Bonchev–Trinajstić information content (AvgIpc) is 3.34. The van der Waals surface area contributed by atoms with E-state index >= 15 is 0 Å². The Hall–Kier alpha value is -3.75. The van der Waals surface area contributed by atoms with Gasteiger partial charge in [0, 0.05) is 10.6 Å². The monoisotopic (exact) mass is 441 g/mol. The van der Waals surface area contributed by atoms with E-state index in [4.69, 9.17) is 0 Å². The molecule has 0 radical (unpaired) electrons. The topological polar surface area (TPSA) is 12.0 Å². The molecule has 6 rings (SSSR count). The van der Waals surface area contributed by atoms with E-state index in [1.165, 1.54) is 49.5 Å². The maximum atomic E-state index is 3.65. The molecule has 5 aromatic rings. The fraction of sp³-hybridized carbons (Fsp3) is 0.0323. The molecule has 0 aliphatic carbocycles. The van der Waals surface area contributed by atoms with E-state index in [0.29, 0.717) is 0 Å². The summed E-state index contributed by atoms with van der Waals surface area (Å²) in [5.74, 6) is 0. The summed E-state index contributed by atoms with van der Waals surface area (Å²) in [5.41, 5.74) is 9.94. The van der Waals surface area contributed by atoms with Crippen molar-refractivity contribution in [3.63, 3.8) is 0 Å². The first-order valence-corrected chi connectivity index (χ1v) is 12.1. The van der Waals surface area contributed by atoms with Gasteiger partial charge in [-0.2, -0.15) is 0 Å². The van der Waals surface area contributed by atoms with E-state index in [1.54, 1.807) is 0 Å². The van der Waals surface area contributed by atoms with Crippen molar-refractivity contribution in [2.24, 2.45) is 0 Å². The molecule has 1 heterocycles. The van der Waals surface area contributed by atoms with Crippen molar-refractivity contribution in [3.8, 4) is 33.4 Å². The Morgan fingerprint density at radius 1 is 0.455 bits per heavy atom. The van der Waals surface area contributed by atoms with Gasteiger partial charge < -0.3 is 5.32 Å². The van der Waals surface area contributed by atoms with Crippen LogP contribution in [0.1, 0.15) is 10.9 Å². The van der Waals surface area contributed by atoms with E-state index in [9.17, 15) is 0 Å². The molecular formula is C31H23NS. The molecule has 2 heteroatoms. The molecule has 1 aliphatic heterocycles. The van der Waals surface area contributed by atoms with E-state index in [1.807, 2.05) is 11.8 Å². The maximum absolute atomic E-state index is 3.65. The molecule has 33 heavy (non-hydrogen) atoms. The summed E-state index contributed by atoms with van der Waals surface area (Å²) < 4.78 is 0. The number of rotatable bonds is 4. The van der Waals surface area contributed by atoms with Crippen molar-refractivity contribution in [1.29, 1.82) is 0 Å². The van der Waals surface area contributed by atoms with Crippen LogP contribution in [0.5, 0.6) is 0 Å². The number of thioether (sulfide) groups is 1. The fourth-order valence-electron chi connectivity index (χ4n) is 4.41. The van der Waals surface area contributed by atoms with Crippen LogP contribution in [-0.4, -0.2) is 0 Å². The van der Waals surface area contributed by atoms with E-state index < -0.39 is 0 Å². The van der Waals surface area contributed by atoms with Crippen LogP contribution in [0.15, 0.2) is 132 Å². The lowest BCUT2D eigenvalue weighted by Gasteiger charge is -2.13. The smallest absolute Gasteiger partial charge is 0.103 e. The number of anilines is 1. The van der Waals surface area contributed by atoms with Crippen LogP contribution < -0.4 is 5.32 Å². The second-order valence-electron chi connectivity index (χ2n) is 8.29. The first-order chi connectivity index (χ1) is 16.3. The van der Waals surface area contributed by atoms with Gasteiger partial charge in [0.15, 0.2) is 0 Å². The number of para-hydroxylation sites is 1. The summed E-state index contributed by atoms with van der Waals surface area (Å²) in [6.07, 6.45) is 0. The van der Waals surface area contributed by atoms with Crippen molar-refractivity contribution in [2.75, 3.05) is 5.32 Å². The predicted molar refractivity (Wildman–Crippen MR) is 141 cm³/mol. The zero-order chi connectivity index (χ0) is 22.0. The third-order valence-electron chi connectivity index (χ3n) is 6.11. The van der Waals surface area contributed by atoms with Crippen molar-refractivity contribution in [3.05, 3.63) is 133 Å². The second-order valence-corrected chi connectivity index (χ2v) is 9.44. The molecule has 0 saturated carbocycles. The van der Waals surface area contributed by atoms with Crippen LogP contribution in [0.3, 0.4) is 0 Å². The Labute approximate surface area is 199 Å². The molecule has 0 aromatic heterocycles. The van der Waals surface area contributed by atoms with E-state index in [-0.39, 0.29) is 5.37 Å². The maximum Gasteiger partial charge on any atom is 0.103 e. The summed E-state index contributed by atoms with van der Waals surface area (Å²) in [5, 5.41) is 3.90. The second kappa shape index (κ2) is 8.65. The minimum Gasteiger partial charge on any atom is -0.368 e. The number of hydrogen-bond acceptors (Lipinski definition) is 2. The third kappa shape index (κ3) is 4.06. The molecule has 1 unspecified atom stereocenters. The molecule has 0 saturated heterocycles. The van der Waals surface area contributed by atoms with Crippen LogP contribution in [0.2, 0.25) is 0 Å². The molecule has 0 fully saturated rings. The molecule has 1 aliphatic rings. The Morgan fingerprint density at radius 2 is 0.970 bits per heavy atom. The molecular weight excluding hydrogens is 418 g/mol. The van der Waals surface area contributed by atoms with Crippen LogP contribution >= 0.6 is 11.8 Å². The molecule has 5 aromatic carbocycles. The lowest BCUT2D eigenvalue weighted by Crippen LogP contribution is -2.01. The molecule has 1 N–H and O–H groups in total. The Balaban J connectivity index is 1.31. The van der Waals surface area contributed by atoms with Gasteiger partial charge in [-0.1, -0.05) is 109 Å². The number of hydrogen-bond donors (Lipinski definition) is 1. The molecule has 1 atom stereocenters. The highest BCUT2D eigenvalue weighted by Crippen LogP contribution is 2.46. The van der Waals surface area contributed by atoms with Gasteiger partial charge >= 0.3 is 0 Å². The average molecular weight is 442 g/mol. The number of nitrogens with one attached hydrogen (secondary N) is 1. The summed E-state index contributed by atoms with van der Waals surface area (Å²) in [4.78, 5) is 1.31. The highest BCUT2D eigenvalue weighted by Gasteiger charge is 2.22. The molecule has 1 nitrogen and oxygen atoms in total. The van der Waals surface area contributed by atoms with Crippen LogP contribution in [0.4, 0.5) is 5.69 Å². The zero-order valence-corrected chi connectivity index (χ0v) is 18.9. The number of fused-ring (bicyclic) bond motifs is 1. The van der Waals surface area contributed by atoms with E-state index in [2.05, 4.69) is 133 Å².